The third kappa shape index (κ3) is 7.28. The van der Waals surface area contributed by atoms with Gasteiger partial charge in [-0.05, 0) is 51.6 Å². The average molecular weight is 270 g/mol. The highest BCUT2D eigenvalue weighted by Crippen LogP contribution is 2.17. The average Bonchev–Trinajstić information content (AvgIpc) is 2.37. The Balaban J connectivity index is 2.08. The van der Waals surface area contributed by atoms with Crippen LogP contribution in [-0.4, -0.2) is 49.8 Å². The van der Waals surface area contributed by atoms with E-state index in [-0.39, 0.29) is 0 Å². The molecular weight excluding hydrogens is 236 g/mol. The molecule has 0 radical (unpaired) electrons. The van der Waals surface area contributed by atoms with Crippen LogP contribution in [0.25, 0.3) is 0 Å². The minimum Gasteiger partial charge on any atom is -0.380 e. The van der Waals surface area contributed by atoms with Gasteiger partial charge in [0.25, 0.3) is 0 Å². The van der Waals surface area contributed by atoms with Crippen LogP contribution in [0.4, 0.5) is 0 Å². The fourth-order valence-electron chi connectivity index (χ4n) is 2.69. The Hall–Kier alpha value is -0.120. The lowest BCUT2D eigenvalue weighted by molar-refractivity contribution is 0.0648. The van der Waals surface area contributed by atoms with Gasteiger partial charge in [0.2, 0.25) is 0 Å². The van der Waals surface area contributed by atoms with Crippen molar-refractivity contribution in [2.75, 3.05) is 32.8 Å². The predicted molar refractivity (Wildman–Crippen MR) is 82.6 cm³/mol. The second-order valence-electron chi connectivity index (χ2n) is 6.36. The van der Waals surface area contributed by atoms with E-state index in [2.05, 4.69) is 37.9 Å². The summed E-state index contributed by atoms with van der Waals surface area (Å²) >= 11 is 0. The van der Waals surface area contributed by atoms with E-state index in [4.69, 9.17) is 4.74 Å². The molecule has 0 aromatic carbocycles. The maximum absolute atomic E-state index is 5.73. The van der Waals surface area contributed by atoms with Crippen molar-refractivity contribution in [1.29, 1.82) is 0 Å². The summed E-state index contributed by atoms with van der Waals surface area (Å²) in [5, 5.41) is 3.65. The van der Waals surface area contributed by atoms with Crippen LogP contribution in [0.2, 0.25) is 0 Å². The molecule has 0 spiro atoms. The smallest absolute Gasteiger partial charge is 0.0593 e. The summed E-state index contributed by atoms with van der Waals surface area (Å²) in [6, 6.07) is 1.42. The van der Waals surface area contributed by atoms with Gasteiger partial charge in [-0.3, -0.25) is 4.90 Å². The number of ether oxygens (including phenoxy) is 1. The largest absolute Gasteiger partial charge is 0.380 e. The van der Waals surface area contributed by atoms with Crippen molar-refractivity contribution in [3.05, 3.63) is 0 Å². The maximum Gasteiger partial charge on any atom is 0.0593 e. The molecular formula is C16H34N2O. The summed E-state index contributed by atoms with van der Waals surface area (Å²) < 4.78 is 5.73. The molecule has 19 heavy (non-hydrogen) atoms. The van der Waals surface area contributed by atoms with Gasteiger partial charge in [-0.1, -0.05) is 20.8 Å². The van der Waals surface area contributed by atoms with E-state index >= 15 is 0 Å². The monoisotopic (exact) mass is 270 g/mol. The van der Waals surface area contributed by atoms with E-state index in [1.165, 1.54) is 32.2 Å². The molecule has 1 aliphatic rings. The molecule has 1 aliphatic heterocycles. The van der Waals surface area contributed by atoms with Crippen molar-refractivity contribution in [1.82, 2.24) is 10.2 Å². The van der Waals surface area contributed by atoms with E-state index in [0.29, 0.717) is 6.04 Å². The molecule has 1 heterocycles. The van der Waals surface area contributed by atoms with Crippen LogP contribution >= 0.6 is 0 Å². The van der Waals surface area contributed by atoms with Crippen LogP contribution in [0.15, 0.2) is 0 Å². The first-order chi connectivity index (χ1) is 9.13. The zero-order valence-corrected chi connectivity index (χ0v) is 13.5. The Kier molecular flexibility index (Phi) is 8.67. The molecule has 3 nitrogen and oxygen atoms in total. The number of hydrogen-bond donors (Lipinski definition) is 1. The molecule has 0 bridgehead atoms. The first-order valence-electron chi connectivity index (χ1n) is 8.18. The van der Waals surface area contributed by atoms with Crippen LogP contribution in [0.3, 0.4) is 0 Å². The van der Waals surface area contributed by atoms with Crippen molar-refractivity contribution in [2.24, 2.45) is 5.92 Å². The van der Waals surface area contributed by atoms with Gasteiger partial charge >= 0.3 is 0 Å². The van der Waals surface area contributed by atoms with Gasteiger partial charge in [0, 0.05) is 25.2 Å². The van der Waals surface area contributed by atoms with Gasteiger partial charge in [0.1, 0.15) is 0 Å². The van der Waals surface area contributed by atoms with E-state index in [1.807, 2.05) is 0 Å². The molecule has 3 heteroatoms. The Bertz CT molecular complexity index is 221. The Morgan fingerprint density at radius 1 is 1.32 bits per heavy atom. The number of piperidine rings is 1. The minimum absolute atomic E-state index is 0.691. The van der Waals surface area contributed by atoms with E-state index < -0.39 is 0 Å². The fraction of sp³-hybridized carbons (Fsp3) is 1.00. The molecule has 0 saturated carbocycles. The van der Waals surface area contributed by atoms with Crippen LogP contribution in [0, 0.1) is 5.92 Å². The second-order valence-corrected chi connectivity index (χ2v) is 6.36. The van der Waals surface area contributed by atoms with Crippen molar-refractivity contribution < 1.29 is 4.74 Å². The lowest BCUT2D eigenvalue weighted by Crippen LogP contribution is -2.48. The van der Waals surface area contributed by atoms with Crippen LogP contribution in [0.1, 0.15) is 53.4 Å². The molecule has 0 aromatic rings. The summed E-state index contributed by atoms with van der Waals surface area (Å²) in [5.74, 6) is 0.749. The number of hydrogen-bond acceptors (Lipinski definition) is 3. The minimum atomic E-state index is 0.691. The van der Waals surface area contributed by atoms with Crippen molar-refractivity contribution in [3.63, 3.8) is 0 Å². The Labute approximate surface area is 120 Å². The molecule has 1 rings (SSSR count). The molecule has 1 N–H and O–H groups in total. The lowest BCUT2D eigenvalue weighted by atomic mass is 9.98. The molecule has 114 valence electrons. The Morgan fingerprint density at radius 2 is 2.11 bits per heavy atom. The van der Waals surface area contributed by atoms with Crippen molar-refractivity contribution in [3.8, 4) is 0 Å². The molecule has 0 aliphatic carbocycles. The highest BCUT2D eigenvalue weighted by atomic mass is 16.5. The molecule has 0 amide bonds. The molecule has 1 saturated heterocycles. The number of nitrogens with one attached hydrogen (secondary N) is 1. The lowest BCUT2D eigenvalue weighted by Gasteiger charge is -2.38. The van der Waals surface area contributed by atoms with Gasteiger partial charge in [-0.15, -0.1) is 0 Å². The first-order valence-corrected chi connectivity index (χ1v) is 8.18. The normalized spacial score (nSPS) is 25.1. The number of rotatable bonds is 9. The maximum atomic E-state index is 5.73. The third-order valence-electron chi connectivity index (χ3n) is 4.06. The van der Waals surface area contributed by atoms with Gasteiger partial charge in [0.05, 0.1) is 6.61 Å². The number of likely N-dealkylation sites (tertiary alicyclic amines) is 1. The van der Waals surface area contributed by atoms with Crippen molar-refractivity contribution >= 4 is 0 Å². The summed E-state index contributed by atoms with van der Waals surface area (Å²) in [6.45, 7) is 14.4. The van der Waals surface area contributed by atoms with Crippen LogP contribution in [0.5, 0.6) is 0 Å². The topological polar surface area (TPSA) is 24.5 Å². The van der Waals surface area contributed by atoms with Gasteiger partial charge in [-0.2, -0.15) is 0 Å². The van der Waals surface area contributed by atoms with Gasteiger partial charge < -0.3 is 10.1 Å². The zero-order chi connectivity index (χ0) is 14.1. The first kappa shape index (κ1) is 16.9. The Morgan fingerprint density at radius 3 is 2.74 bits per heavy atom. The second kappa shape index (κ2) is 9.73. The third-order valence-corrected chi connectivity index (χ3v) is 4.06. The highest BCUT2D eigenvalue weighted by molar-refractivity contribution is 4.82. The fourth-order valence-corrected chi connectivity index (χ4v) is 2.69. The predicted octanol–water partition coefficient (Wildman–Crippen LogP) is 2.90. The van der Waals surface area contributed by atoms with Crippen LogP contribution < -0.4 is 5.32 Å². The highest BCUT2D eigenvalue weighted by Gasteiger charge is 2.24. The summed E-state index contributed by atoms with van der Waals surface area (Å²) in [6.07, 6.45) is 4.99. The standard InChI is InChI=1S/C16H34N2O/c1-5-8-17-16-6-9-18(15(4)13-16)10-12-19-11-7-14(2)3/h14-17H,5-13H2,1-4H3. The molecule has 0 aromatic heterocycles. The summed E-state index contributed by atoms with van der Waals surface area (Å²) in [5.41, 5.74) is 0. The summed E-state index contributed by atoms with van der Waals surface area (Å²) in [4.78, 5) is 2.58. The zero-order valence-electron chi connectivity index (χ0n) is 13.5. The van der Waals surface area contributed by atoms with Gasteiger partial charge in [0.15, 0.2) is 0 Å². The van der Waals surface area contributed by atoms with E-state index in [1.54, 1.807) is 0 Å². The SMILES string of the molecule is CCCNC1CCN(CCOCCC(C)C)C(C)C1. The van der Waals surface area contributed by atoms with E-state index in [9.17, 15) is 0 Å². The molecule has 2 unspecified atom stereocenters. The van der Waals surface area contributed by atoms with Crippen molar-refractivity contribution in [2.45, 2.75) is 65.5 Å². The molecule has 1 fully saturated rings. The van der Waals surface area contributed by atoms with E-state index in [0.717, 1.165) is 38.3 Å². The van der Waals surface area contributed by atoms with Gasteiger partial charge in [-0.25, -0.2) is 0 Å². The quantitative estimate of drug-likeness (QED) is 0.652. The molecule has 2 atom stereocenters. The van der Waals surface area contributed by atoms with Crippen LogP contribution in [-0.2, 0) is 4.74 Å². The number of nitrogens with zero attached hydrogens (tertiary/aromatic N) is 1. The summed E-state index contributed by atoms with van der Waals surface area (Å²) in [7, 11) is 0.